The number of rotatable bonds is 2. The van der Waals surface area contributed by atoms with Gasteiger partial charge in [-0.15, -0.1) is 0 Å². The standard InChI is InChI=1S/C22H20F3N3/c1-14-7-9-15(10-8-14)20-19(12-26)18-11-16(22(23,24)25)13-27-21(18)28(20)17-5-3-2-4-6-17/h7-11,13,17H,2-6H2,1H3. The summed E-state index contributed by atoms with van der Waals surface area (Å²) in [5.74, 6) is 0. The van der Waals surface area contributed by atoms with Crippen molar-refractivity contribution in [3.05, 3.63) is 53.2 Å². The number of alkyl halides is 3. The second-order valence-corrected chi connectivity index (χ2v) is 7.46. The molecule has 0 saturated heterocycles. The first-order valence-corrected chi connectivity index (χ1v) is 9.48. The van der Waals surface area contributed by atoms with Crippen LogP contribution in [0.25, 0.3) is 22.3 Å². The van der Waals surface area contributed by atoms with Crippen LogP contribution in [0.2, 0.25) is 0 Å². The molecule has 1 aliphatic carbocycles. The number of hydrogen-bond donors (Lipinski definition) is 0. The van der Waals surface area contributed by atoms with E-state index in [4.69, 9.17) is 0 Å². The predicted octanol–water partition coefficient (Wildman–Crippen LogP) is 6.41. The number of pyridine rings is 1. The van der Waals surface area contributed by atoms with Gasteiger partial charge in [-0.25, -0.2) is 4.98 Å². The molecule has 3 nitrogen and oxygen atoms in total. The summed E-state index contributed by atoms with van der Waals surface area (Å²) in [5.41, 5.74) is 2.50. The van der Waals surface area contributed by atoms with Crippen LogP contribution in [0.4, 0.5) is 13.2 Å². The maximum atomic E-state index is 13.3. The van der Waals surface area contributed by atoms with Crippen molar-refractivity contribution in [1.82, 2.24) is 9.55 Å². The van der Waals surface area contributed by atoms with Crippen molar-refractivity contribution >= 4 is 11.0 Å². The highest BCUT2D eigenvalue weighted by Crippen LogP contribution is 2.41. The van der Waals surface area contributed by atoms with E-state index in [-0.39, 0.29) is 17.0 Å². The van der Waals surface area contributed by atoms with Crippen LogP contribution in [-0.4, -0.2) is 9.55 Å². The smallest absolute Gasteiger partial charge is 0.321 e. The van der Waals surface area contributed by atoms with E-state index in [0.29, 0.717) is 11.3 Å². The summed E-state index contributed by atoms with van der Waals surface area (Å²) in [5, 5.41) is 10.1. The first-order valence-electron chi connectivity index (χ1n) is 9.48. The minimum Gasteiger partial charge on any atom is -0.321 e. The Balaban J connectivity index is 2.03. The highest BCUT2D eigenvalue weighted by atomic mass is 19.4. The normalized spacial score (nSPS) is 15.7. The van der Waals surface area contributed by atoms with Gasteiger partial charge < -0.3 is 4.57 Å². The Morgan fingerprint density at radius 3 is 2.39 bits per heavy atom. The Kier molecular flexibility index (Phi) is 4.62. The van der Waals surface area contributed by atoms with Gasteiger partial charge in [0.1, 0.15) is 11.7 Å². The zero-order valence-corrected chi connectivity index (χ0v) is 15.6. The Morgan fingerprint density at radius 2 is 1.79 bits per heavy atom. The first kappa shape index (κ1) is 18.5. The Hall–Kier alpha value is -2.81. The number of nitrogens with zero attached hydrogens (tertiary/aromatic N) is 3. The van der Waals surface area contributed by atoms with Gasteiger partial charge in [0.15, 0.2) is 0 Å². The molecular weight excluding hydrogens is 363 g/mol. The molecule has 0 aliphatic heterocycles. The van der Waals surface area contributed by atoms with Crippen molar-refractivity contribution in [2.24, 2.45) is 0 Å². The van der Waals surface area contributed by atoms with Gasteiger partial charge in [0, 0.05) is 17.6 Å². The van der Waals surface area contributed by atoms with E-state index in [1.807, 2.05) is 35.8 Å². The summed E-state index contributed by atoms with van der Waals surface area (Å²) >= 11 is 0. The van der Waals surface area contributed by atoms with Crippen molar-refractivity contribution in [3.63, 3.8) is 0 Å². The lowest BCUT2D eigenvalue weighted by molar-refractivity contribution is -0.137. The van der Waals surface area contributed by atoms with E-state index >= 15 is 0 Å². The molecule has 0 bridgehead atoms. The minimum atomic E-state index is -4.50. The molecule has 0 amide bonds. The average Bonchev–Trinajstić information content (AvgIpc) is 3.02. The van der Waals surface area contributed by atoms with Crippen molar-refractivity contribution < 1.29 is 13.2 Å². The van der Waals surface area contributed by atoms with Crippen molar-refractivity contribution in [2.45, 2.75) is 51.2 Å². The quantitative estimate of drug-likeness (QED) is 0.513. The monoisotopic (exact) mass is 383 g/mol. The van der Waals surface area contributed by atoms with Crippen LogP contribution in [0.3, 0.4) is 0 Å². The van der Waals surface area contributed by atoms with E-state index in [9.17, 15) is 18.4 Å². The molecule has 0 N–H and O–H groups in total. The fraction of sp³-hybridized carbons (Fsp3) is 0.364. The second-order valence-electron chi connectivity index (χ2n) is 7.46. The molecule has 1 fully saturated rings. The molecule has 28 heavy (non-hydrogen) atoms. The molecule has 3 aromatic rings. The lowest BCUT2D eigenvalue weighted by Gasteiger charge is -2.26. The van der Waals surface area contributed by atoms with E-state index in [2.05, 4.69) is 11.1 Å². The molecule has 144 valence electrons. The molecule has 1 saturated carbocycles. The molecular formula is C22H20F3N3. The van der Waals surface area contributed by atoms with Crippen LogP contribution in [-0.2, 0) is 6.18 Å². The molecule has 0 atom stereocenters. The van der Waals surface area contributed by atoms with Gasteiger partial charge in [-0.2, -0.15) is 18.4 Å². The zero-order valence-electron chi connectivity index (χ0n) is 15.6. The van der Waals surface area contributed by atoms with Gasteiger partial charge in [0.25, 0.3) is 0 Å². The molecule has 2 heterocycles. The van der Waals surface area contributed by atoms with Gasteiger partial charge >= 0.3 is 6.18 Å². The molecule has 2 aromatic heterocycles. The summed E-state index contributed by atoms with van der Waals surface area (Å²) in [6.07, 6.45) is 1.56. The summed E-state index contributed by atoms with van der Waals surface area (Å²) in [6.45, 7) is 1.98. The lowest BCUT2D eigenvalue weighted by Crippen LogP contribution is -2.14. The molecule has 1 aromatic carbocycles. The van der Waals surface area contributed by atoms with E-state index < -0.39 is 11.7 Å². The zero-order chi connectivity index (χ0) is 19.9. The minimum absolute atomic E-state index is 0.138. The number of aromatic nitrogens is 2. The summed E-state index contributed by atoms with van der Waals surface area (Å²) in [4.78, 5) is 4.19. The van der Waals surface area contributed by atoms with Gasteiger partial charge in [-0.05, 0) is 31.4 Å². The summed E-state index contributed by atoms with van der Waals surface area (Å²) < 4.78 is 41.8. The van der Waals surface area contributed by atoms with Crippen LogP contribution < -0.4 is 0 Å². The van der Waals surface area contributed by atoms with Gasteiger partial charge in [0.2, 0.25) is 0 Å². The Labute approximate surface area is 161 Å². The number of halogens is 3. The summed E-state index contributed by atoms with van der Waals surface area (Å²) in [7, 11) is 0. The third-order valence-electron chi connectivity index (χ3n) is 5.55. The second kappa shape index (κ2) is 6.97. The highest BCUT2D eigenvalue weighted by molar-refractivity contribution is 5.93. The number of nitriles is 1. The van der Waals surface area contributed by atoms with Crippen molar-refractivity contribution in [3.8, 4) is 17.3 Å². The fourth-order valence-electron chi connectivity index (χ4n) is 4.15. The topological polar surface area (TPSA) is 41.6 Å². The van der Waals surface area contributed by atoms with Crippen LogP contribution in [0.1, 0.15) is 54.8 Å². The van der Waals surface area contributed by atoms with E-state index in [1.165, 1.54) is 0 Å². The molecule has 0 spiro atoms. The van der Waals surface area contributed by atoms with E-state index in [1.54, 1.807) is 0 Å². The first-order chi connectivity index (χ1) is 13.4. The Bertz CT molecular complexity index is 1050. The third kappa shape index (κ3) is 3.15. The fourth-order valence-corrected chi connectivity index (χ4v) is 4.15. The van der Waals surface area contributed by atoms with Gasteiger partial charge in [-0.3, -0.25) is 0 Å². The van der Waals surface area contributed by atoms with Gasteiger partial charge in [-0.1, -0.05) is 49.1 Å². The molecule has 0 radical (unpaired) electrons. The average molecular weight is 383 g/mol. The van der Waals surface area contributed by atoms with Crippen LogP contribution in [0.15, 0.2) is 36.5 Å². The molecule has 1 aliphatic rings. The van der Waals surface area contributed by atoms with Crippen LogP contribution >= 0.6 is 0 Å². The van der Waals surface area contributed by atoms with Crippen molar-refractivity contribution in [2.75, 3.05) is 0 Å². The predicted molar refractivity (Wildman–Crippen MR) is 102 cm³/mol. The number of fused-ring (bicyclic) bond motifs is 1. The number of benzene rings is 1. The lowest BCUT2D eigenvalue weighted by atomic mass is 9.94. The van der Waals surface area contributed by atoms with Crippen molar-refractivity contribution in [1.29, 1.82) is 5.26 Å². The summed E-state index contributed by atoms with van der Waals surface area (Å²) in [6, 6.07) is 11.1. The highest BCUT2D eigenvalue weighted by Gasteiger charge is 2.33. The largest absolute Gasteiger partial charge is 0.417 e. The van der Waals surface area contributed by atoms with Gasteiger partial charge in [0.05, 0.1) is 16.8 Å². The van der Waals surface area contributed by atoms with Crippen LogP contribution in [0, 0.1) is 18.3 Å². The van der Waals surface area contributed by atoms with E-state index in [0.717, 1.165) is 55.5 Å². The maximum absolute atomic E-state index is 13.3. The maximum Gasteiger partial charge on any atom is 0.417 e. The van der Waals surface area contributed by atoms with Crippen LogP contribution in [0.5, 0.6) is 0 Å². The SMILES string of the molecule is Cc1ccc(-c2c(C#N)c3cc(C(F)(F)F)cnc3n2C2CCCCC2)cc1. The molecule has 0 unspecified atom stereocenters. The Morgan fingerprint density at radius 1 is 1.11 bits per heavy atom. The number of hydrogen-bond acceptors (Lipinski definition) is 2. The third-order valence-corrected chi connectivity index (χ3v) is 5.55. The molecule has 6 heteroatoms. The molecule has 4 rings (SSSR count). The number of aryl methyl sites for hydroxylation is 1.